The van der Waals surface area contributed by atoms with Crippen molar-refractivity contribution in [1.29, 1.82) is 0 Å². The number of nitrogens with zero attached hydrogens (tertiary/aromatic N) is 3. The first-order valence-corrected chi connectivity index (χ1v) is 10.3. The van der Waals surface area contributed by atoms with Crippen LogP contribution in [0, 0.1) is 4.77 Å². The maximum Gasteiger partial charge on any atom is 0.280 e. The van der Waals surface area contributed by atoms with Gasteiger partial charge in [0.1, 0.15) is 11.3 Å². The summed E-state index contributed by atoms with van der Waals surface area (Å²) in [6.07, 6.45) is 1.33. The van der Waals surface area contributed by atoms with Crippen LogP contribution in [0.3, 0.4) is 0 Å². The quantitative estimate of drug-likeness (QED) is 0.457. The molecule has 0 radical (unpaired) electrons. The van der Waals surface area contributed by atoms with Crippen molar-refractivity contribution in [2.45, 2.75) is 13.8 Å². The van der Waals surface area contributed by atoms with Crippen molar-refractivity contribution in [2.75, 3.05) is 11.6 Å². The molecular weight excluding hydrogens is 428 g/mol. The molecule has 1 aliphatic heterocycles. The number of carbonyl (C=O) groups is 1. The van der Waals surface area contributed by atoms with Crippen molar-refractivity contribution in [1.82, 2.24) is 9.55 Å². The molecule has 162 valence electrons. The van der Waals surface area contributed by atoms with Gasteiger partial charge in [0.05, 0.1) is 29.3 Å². The predicted molar refractivity (Wildman–Crippen MR) is 125 cm³/mol. The van der Waals surface area contributed by atoms with Crippen LogP contribution in [0.2, 0.25) is 0 Å². The van der Waals surface area contributed by atoms with Crippen molar-refractivity contribution < 1.29 is 14.6 Å². The Labute approximate surface area is 188 Å². The van der Waals surface area contributed by atoms with Crippen LogP contribution in [0.15, 0.2) is 70.1 Å². The van der Waals surface area contributed by atoms with E-state index in [4.69, 9.17) is 17.0 Å². The minimum absolute atomic E-state index is 0.0114. The third kappa shape index (κ3) is 3.85. The standard InChI is InChI=1S/C23H20N4O4S/c1-3-31-17-11-7-10-16(12-17)26-21(29)19(20(28)24-23(26)32)13-18-14(2)25-27(22(18)30)15-8-5-4-6-9-15/h4-13,29H,3H2,1-2H3,(H,24,28,32)/b18-13-. The second-order valence-electron chi connectivity index (χ2n) is 6.96. The number of anilines is 1. The monoisotopic (exact) mass is 448 g/mol. The van der Waals surface area contributed by atoms with E-state index in [2.05, 4.69) is 10.1 Å². The van der Waals surface area contributed by atoms with Gasteiger partial charge in [-0.25, -0.2) is 0 Å². The molecule has 4 rings (SSSR count). The van der Waals surface area contributed by atoms with Crippen LogP contribution in [-0.4, -0.2) is 32.9 Å². The lowest BCUT2D eigenvalue weighted by atomic mass is 10.1. The second-order valence-corrected chi connectivity index (χ2v) is 7.34. The molecule has 0 saturated carbocycles. The molecule has 1 amide bonds. The van der Waals surface area contributed by atoms with Gasteiger partial charge in [0.15, 0.2) is 4.77 Å². The molecule has 2 aromatic carbocycles. The summed E-state index contributed by atoms with van der Waals surface area (Å²) < 4.78 is 6.84. The number of aromatic hydroxyl groups is 1. The summed E-state index contributed by atoms with van der Waals surface area (Å²) in [5.74, 6) is -0.205. The summed E-state index contributed by atoms with van der Waals surface area (Å²) in [4.78, 5) is 28.2. The van der Waals surface area contributed by atoms with Crippen molar-refractivity contribution in [3.05, 3.63) is 80.9 Å². The van der Waals surface area contributed by atoms with E-state index < -0.39 is 17.3 Å². The van der Waals surface area contributed by atoms with Crippen molar-refractivity contribution in [2.24, 2.45) is 5.10 Å². The zero-order chi connectivity index (χ0) is 22.8. The molecule has 0 atom stereocenters. The highest BCUT2D eigenvalue weighted by atomic mass is 32.1. The van der Waals surface area contributed by atoms with Crippen molar-refractivity contribution in [3.8, 4) is 17.3 Å². The number of ether oxygens (including phenoxy) is 1. The van der Waals surface area contributed by atoms with E-state index in [1.165, 1.54) is 15.7 Å². The number of aromatic amines is 1. The molecule has 0 aliphatic carbocycles. The number of carbonyl (C=O) groups excluding carboxylic acids is 1. The van der Waals surface area contributed by atoms with E-state index in [-0.39, 0.29) is 15.9 Å². The highest BCUT2D eigenvalue weighted by molar-refractivity contribution is 7.71. The summed E-state index contributed by atoms with van der Waals surface area (Å²) in [7, 11) is 0. The number of hydrogen-bond acceptors (Lipinski definition) is 6. The van der Waals surface area contributed by atoms with Crippen LogP contribution in [0.1, 0.15) is 19.4 Å². The summed E-state index contributed by atoms with van der Waals surface area (Å²) >= 11 is 5.28. The highest BCUT2D eigenvalue weighted by Crippen LogP contribution is 2.28. The molecular formula is C23H20N4O4S. The molecule has 9 heteroatoms. The Balaban J connectivity index is 1.81. The SMILES string of the molecule is CCOc1cccc(-n2c(O)c(/C=C3\C(=O)N(c4ccccc4)N=C3C)c(=O)[nH]c2=S)c1. The fraction of sp³-hybridized carbons (Fsp3) is 0.130. The van der Waals surface area contributed by atoms with Crippen LogP contribution >= 0.6 is 12.2 Å². The van der Waals surface area contributed by atoms with E-state index in [1.54, 1.807) is 55.5 Å². The van der Waals surface area contributed by atoms with Gasteiger partial charge in [-0.15, -0.1) is 0 Å². The fourth-order valence-electron chi connectivity index (χ4n) is 3.36. The lowest BCUT2D eigenvalue weighted by Gasteiger charge is -2.13. The number of benzene rings is 2. The van der Waals surface area contributed by atoms with Gasteiger partial charge in [-0.1, -0.05) is 24.3 Å². The lowest BCUT2D eigenvalue weighted by Crippen LogP contribution is -2.22. The van der Waals surface area contributed by atoms with Gasteiger partial charge in [-0.3, -0.25) is 19.1 Å². The highest BCUT2D eigenvalue weighted by Gasteiger charge is 2.29. The molecule has 0 spiro atoms. The summed E-state index contributed by atoms with van der Waals surface area (Å²) in [5, 5.41) is 16.5. The van der Waals surface area contributed by atoms with Gasteiger partial charge in [0.25, 0.3) is 11.5 Å². The summed E-state index contributed by atoms with van der Waals surface area (Å²) in [6, 6.07) is 15.9. The average molecular weight is 449 g/mol. The normalized spacial score (nSPS) is 14.7. The van der Waals surface area contributed by atoms with Gasteiger partial charge in [0.2, 0.25) is 5.88 Å². The molecule has 0 bridgehead atoms. The van der Waals surface area contributed by atoms with Crippen LogP contribution in [0.5, 0.6) is 11.6 Å². The molecule has 1 aromatic heterocycles. The lowest BCUT2D eigenvalue weighted by molar-refractivity contribution is -0.114. The molecule has 8 nitrogen and oxygen atoms in total. The Morgan fingerprint density at radius 2 is 1.84 bits per heavy atom. The first-order valence-electron chi connectivity index (χ1n) is 9.89. The first-order chi connectivity index (χ1) is 15.4. The van der Waals surface area contributed by atoms with Crippen LogP contribution in [0.4, 0.5) is 5.69 Å². The Morgan fingerprint density at radius 1 is 1.12 bits per heavy atom. The number of amides is 1. The zero-order valence-corrected chi connectivity index (χ0v) is 18.2. The van der Waals surface area contributed by atoms with E-state index in [0.717, 1.165) is 0 Å². The van der Waals surface area contributed by atoms with Gasteiger partial charge >= 0.3 is 0 Å². The largest absolute Gasteiger partial charge is 0.494 e. The van der Waals surface area contributed by atoms with Gasteiger partial charge in [0, 0.05) is 6.07 Å². The zero-order valence-electron chi connectivity index (χ0n) is 17.4. The van der Waals surface area contributed by atoms with Crippen molar-refractivity contribution in [3.63, 3.8) is 0 Å². The fourth-order valence-corrected chi connectivity index (χ4v) is 3.64. The van der Waals surface area contributed by atoms with Gasteiger partial charge in [-0.05, 0) is 56.4 Å². The predicted octanol–water partition coefficient (Wildman–Crippen LogP) is 3.81. The molecule has 2 heterocycles. The molecule has 0 unspecified atom stereocenters. The van der Waals surface area contributed by atoms with E-state index in [0.29, 0.717) is 29.4 Å². The summed E-state index contributed by atoms with van der Waals surface area (Å²) in [6.45, 7) is 4.00. The number of aromatic nitrogens is 2. The average Bonchev–Trinajstić information content (AvgIpc) is 3.05. The number of hydrazone groups is 1. The number of H-pyrrole nitrogens is 1. The molecule has 2 N–H and O–H groups in total. The van der Waals surface area contributed by atoms with Crippen LogP contribution in [-0.2, 0) is 4.79 Å². The van der Waals surface area contributed by atoms with Crippen LogP contribution < -0.4 is 15.3 Å². The van der Waals surface area contributed by atoms with Gasteiger partial charge < -0.3 is 9.84 Å². The molecule has 0 fully saturated rings. The Morgan fingerprint density at radius 3 is 2.56 bits per heavy atom. The number of rotatable bonds is 5. The smallest absolute Gasteiger partial charge is 0.280 e. The van der Waals surface area contributed by atoms with E-state index in [1.807, 2.05) is 13.0 Å². The Hall–Kier alpha value is -3.98. The van der Waals surface area contributed by atoms with Crippen molar-refractivity contribution >= 4 is 35.6 Å². The minimum atomic E-state index is -0.615. The number of nitrogens with one attached hydrogen (secondary N) is 1. The maximum absolute atomic E-state index is 13.0. The summed E-state index contributed by atoms with van der Waals surface area (Å²) in [5.41, 5.74) is 1.00. The molecule has 0 saturated heterocycles. The third-order valence-corrected chi connectivity index (χ3v) is 5.14. The third-order valence-electron chi connectivity index (χ3n) is 4.86. The minimum Gasteiger partial charge on any atom is -0.494 e. The number of hydrogen-bond donors (Lipinski definition) is 2. The van der Waals surface area contributed by atoms with Crippen LogP contribution in [0.25, 0.3) is 11.8 Å². The second kappa shape index (κ2) is 8.64. The topological polar surface area (TPSA) is 99.9 Å². The van der Waals surface area contributed by atoms with Gasteiger partial charge in [-0.2, -0.15) is 10.1 Å². The van der Waals surface area contributed by atoms with E-state index in [9.17, 15) is 14.7 Å². The van der Waals surface area contributed by atoms with E-state index >= 15 is 0 Å². The first kappa shape index (κ1) is 21.3. The number of para-hydroxylation sites is 1. The Bertz CT molecular complexity index is 1370. The Kier molecular flexibility index (Phi) is 5.74. The maximum atomic E-state index is 13.0. The molecule has 1 aliphatic rings. The molecule has 32 heavy (non-hydrogen) atoms. The molecule has 3 aromatic rings.